The topological polar surface area (TPSA) is 254 Å². The number of carboxylic acid groups (broad SMARTS) is 3. The zero-order valence-electron chi connectivity index (χ0n) is 22.6. The molecule has 38 heavy (non-hydrogen) atoms. The number of urea groups is 1. The van der Waals surface area contributed by atoms with Crippen molar-refractivity contribution in [3.05, 3.63) is 0 Å². The molecule has 0 saturated heterocycles. The Balaban J connectivity index is 0. The Hall–Kier alpha value is -3.91. The van der Waals surface area contributed by atoms with E-state index in [9.17, 15) is 33.6 Å². The Labute approximate surface area is 221 Å². The van der Waals surface area contributed by atoms with E-state index in [0.29, 0.717) is 0 Å². The molecule has 0 aromatic carbocycles. The first-order valence-corrected chi connectivity index (χ1v) is 12.2. The molecule has 0 saturated carbocycles. The van der Waals surface area contributed by atoms with E-state index >= 15 is 0 Å². The largest absolute Gasteiger partial charge is 0.481 e. The Bertz CT molecular complexity index is 830. The van der Waals surface area contributed by atoms with E-state index < -0.39 is 91.0 Å². The first-order chi connectivity index (χ1) is 17.5. The normalized spacial score (nSPS) is 13.6. The van der Waals surface area contributed by atoms with Crippen molar-refractivity contribution < 1.29 is 48.9 Å². The summed E-state index contributed by atoms with van der Waals surface area (Å²) in [6.07, 6.45) is -2.18. The van der Waals surface area contributed by atoms with E-state index in [1.165, 1.54) is 0 Å². The zero-order chi connectivity index (χ0) is 30.2. The maximum atomic E-state index is 13.0. The number of carboxylic acids is 3. The molecule has 0 aliphatic heterocycles. The maximum Gasteiger partial charge on any atom is 0.312 e. The van der Waals surface area contributed by atoms with Gasteiger partial charge in [0.1, 0.15) is 18.1 Å². The molecular formula is C23H41N5O10. The number of carbonyl (C=O) groups is 7. The second-order valence-corrected chi connectivity index (χ2v) is 8.84. The van der Waals surface area contributed by atoms with Crippen LogP contribution in [0, 0.1) is 11.8 Å². The molecule has 15 nitrogen and oxygen atoms in total. The highest BCUT2D eigenvalue weighted by Crippen LogP contribution is 2.10. The second kappa shape index (κ2) is 18.4. The van der Waals surface area contributed by atoms with Crippen LogP contribution in [-0.2, 0) is 28.8 Å². The van der Waals surface area contributed by atoms with Gasteiger partial charge >= 0.3 is 23.9 Å². The Morgan fingerprint density at radius 1 is 0.632 bits per heavy atom. The lowest BCUT2D eigenvalue weighted by molar-refractivity contribution is -0.141. The predicted molar refractivity (Wildman–Crippen MR) is 135 cm³/mol. The second-order valence-electron chi connectivity index (χ2n) is 8.84. The van der Waals surface area contributed by atoms with Crippen LogP contribution in [0.1, 0.15) is 67.2 Å². The Morgan fingerprint density at radius 3 is 1.53 bits per heavy atom. The number of aliphatic carboxylic acids is 3. The SMILES string of the molecule is CC.CC(C)C(CC(=O)O)NC(=O)C(NC(=O)C(CCC(=O)O)NC(=O)C(CC(=O)O)NC(N)=O)C(C)C. The van der Waals surface area contributed by atoms with Crippen molar-refractivity contribution in [2.45, 2.75) is 91.4 Å². The molecule has 0 aromatic rings. The quantitative estimate of drug-likeness (QED) is 0.124. The van der Waals surface area contributed by atoms with Gasteiger partial charge in [0.05, 0.1) is 12.8 Å². The third kappa shape index (κ3) is 15.3. The molecule has 0 spiro atoms. The Kier molecular flexibility index (Phi) is 17.5. The van der Waals surface area contributed by atoms with Crippen molar-refractivity contribution in [2.75, 3.05) is 0 Å². The fourth-order valence-electron chi connectivity index (χ4n) is 3.07. The summed E-state index contributed by atoms with van der Waals surface area (Å²) in [5, 5.41) is 36.2. The van der Waals surface area contributed by atoms with E-state index in [-0.39, 0.29) is 12.3 Å². The Morgan fingerprint density at radius 2 is 1.13 bits per heavy atom. The van der Waals surface area contributed by atoms with Gasteiger partial charge in [0.2, 0.25) is 17.7 Å². The average molecular weight is 548 g/mol. The number of hydrogen-bond acceptors (Lipinski definition) is 7. The molecule has 0 aromatic heterocycles. The van der Waals surface area contributed by atoms with Crippen LogP contribution in [0.15, 0.2) is 0 Å². The van der Waals surface area contributed by atoms with Crippen LogP contribution in [0.3, 0.4) is 0 Å². The molecule has 0 fully saturated rings. The van der Waals surface area contributed by atoms with Crippen molar-refractivity contribution >= 4 is 41.7 Å². The highest BCUT2D eigenvalue weighted by Gasteiger charge is 2.33. The zero-order valence-corrected chi connectivity index (χ0v) is 22.6. The molecule has 5 amide bonds. The summed E-state index contributed by atoms with van der Waals surface area (Å²) in [5.74, 6) is -7.31. The van der Waals surface area contributed by atoms with E-state index in [1.807, 2.05) is 19.2 Å². The summed E-state index contributed by atoms with van der Waals surface area (Å²) in [7, 11) is 0. The van der Waals surface area contributed by atoms with Gasteiger partial charge in [-0.25, -0.2) is 4.79 Å². The lowest BCUT2D eigenvalue weighted by Crippen LogP contribution is -2.59. The van der Waals surface area contributed by atoms with E-state index in [1.54, 1.807) is 27.7 Å². The summed E-state index contributed by atoms with van der Waals surface area (Å²) < 4.78 is 0. The highest BCUT2D eigenvalue weighted by atomic mass is 16.4. The minimum Gasteiger partial charge on any atom is -0.481 e. The monoisotopic (exact) mass is 547 g/mol. The third-order valence-electron chi connectivity index (χ3n) is 5.07. The lowest BCUT2D eigenvalue weighted by atomic mass is 9.98. The van der Waals surface area contributed by atoms with Gasteiger partial charge in [-0.2, -0.15) is 0 Å². The van der Waals surface area contributed by atoms with Crippen molar-refractivity contribution in [3.8, 4) is 0 Å². The summed E-state index contributed by atoms with van der Waals surface area (Å²) in [6.45, 7) is 10.6. The van der Waals surface area contributed by atoms with Gasteiger partial charge in [-0.1, -0.05) is 41.5 Å². The summed E-state index contributed by atoms with van der Waals surface area (Å²) in [4.78, 5) is 82.6. The first-order valence-electron chi connectivity index (χ1n) is 12.2. The minimum absolute atomic E-state index is 0.236. The van der Waals surface area contributed by atoms with Crippen LogP contribution in [0.2, 0.25) is 0 Å². The molecular weight excluding hydrogens is 506 g/mol. The molecule has 0 bridgehead atoms. The van der Waals surface area contributed by atoms with Gasteiger partial charge in [0.15, 0.2) is 0 Å². The van der Waals surface area contributed by atoms with Crippen molar-refractivity contribution in [2.24, 2.45) is 17.6 Å². The molecule has 4 atom stereocenters. The standard InChI is InChI=1S/C21H35N5O10.C2H6/c1-9(2)12(7-15(29)30)24-20(35)17(10(3)4)26-18(33)11(5-6-14(27)28)23-19(34)13(8-16(31)32)25-21(22)36;1-2/h9-13,17H,5-8H2,1-4H3,(H,23,34)(H,24,35)(H,26,33)(H,27,28)(H,29,30)(H,31,32)(H3,22,25,36);1-2H3. The molecule has 0 aliphatic rings. The van der Waals surface area contributed by atoms with Crippen LogP contribution in [-0.4, -0.2) is 81.1 Å². The van der Waals surface area contributed by atoms with Gasteiger partial charge in [-0.15, -0.1) is 0 Å². The molecule has 218 valence electrons. The van der Waals surface area contributed by atoms with E-state index in [4.69, 9.17) is 21.1 Å². The molecule has 0 heterocycles. The van der Waals surface area contributed by atoms with Crippen LogP contribution in [0.5, 0.6) is 0 Å². The maximum absolute atomic E-state index is 13.0. The fraction of sp³-hybridized carbons (Fsp3) is 0.696. The van der Waals surface area contributed by atoms with Gasteiger partial charge in [0.25, 0.3) is 0 Å². The van der Waals surface area contributed by atoms with Crippen molar-refractivity contribution in [1.29, 1.82) is 0 Å². The lowest BCUT2D eigenvalue weighted by Gasteiger charge is -2.28. The summed E-state index contributed by atoms with van der Waals surface area (Å²) >= 11 is 0. The number of primary amides is 1. The fourth-order valence-corrected chi connectivity index (χ4v) is 3.07. The average Bonchev–Trinajstić information content (AvgIpc) is 2.78. The number of nitrogens with one attached hydrogen (secondary N) is 4. The molecule has 9 N–H and O–H groups in total. The molecule has 15 heteroatoms. The summed E-state index contributed by atoms with van der Waals surface area (Å²) in [6, 6.07) is -6.25. The van der Waals surface area contributed by atoms with Gasteiger partial charge in [-0.3, -0.25) is 28.8 Å². The number of hydrogen-bond donors (Lipinski definition) is 8. The highest BCUT2D eigenvalue weighted by molar-refractivity contribution is 5.95. The predicted octanol–water partition coefficient (Wildman–Crippen LogP) is -0.370. The number of nitrogens with two attached hydrogens (primary N) is 1. The minimum atomic E-state index is -1.65. The van der Waals surface area contributed by atoms with Gasteiger partial charge < -0.3 is 42.3 Å². The summed E-state index contributed by atoms with van der Waals surface area (Å²) in [5.41, 5.74) is 4.96. The molecule has 0 radical (unpaired) electrons. The van der Waals surface area contributed by atoms with E-state index in [0.717, 1.165) is 0 Å². The molecule has 0 rings (SSSR count). The third-order valence-corrected chi connectivity index (χ3v) is 5.07. The van der Waals surface area contributed by atoms with Crippen molar-refractivity contribution in [1.82, 2.24) is 21.3 Å². The van der Waals surface area contributed by atoms with Crippen LogP contribution in [0.4, 0.5) is 4.79 Å². The van der Waals surface area contributed by atoms with E-state index in [2.05, 4.69) is 16.0 Å². The van der Waals surface area contributed by atoms with Crippen molar-refractivity contribution in [3.63, 3.8) is 0 Å². The van der Waals surface area contributed by atoms with Gasteiger partial charge in [-0.05, 0) is 18.3 Å². The van der Waals surface area contributed by atoms with Crippen LogP contribution >= 0.6 is 0 Å². The smallest absolute Gasteiger partial charge is 0.312 e. The van der Waals surface area contributed by atoms with Gasteiger partial charge in [0, 0.05) is 12.5 Å². The van der Waals surface area contributed by atoms with Crippen LogP contribution < -0.4 is 27.0 Å². The number of rotatable bonds is 16. The first kappa shape index (κ1) is 36.2. The molecule has 0 aliphatic carbocycles. The number of amides is 5. The van der Waals surface area contributed by atoms with Crippen LogP contribution in [0.25, 0.3) is 0 Å². The molecule has 4 unspecified atom stereocenters. The number of carbonyl (C=O) groups excluding carboxylic acids is 4.